The number of hydrazine groups is 1. The molecule has 0 saturated carbocycles. The van der Waals surface area contributed by atoms with E-state index in [1.807, 2.05) is 0 Å². The summed E-state index contributed by atoms with van der Waals surface area (Å²) < 4.78 is 9.99. The van der Waals surface area contributed by atoms with Crippen molar-refractivity contribution < 1.29 is 23.9 Å². The van der Waals surface area contributed by atoms with Crippen molar-refractivity contribution in [3.05, 3.63) is 64.2 Å². The Bertz CT molecular complexity index is 838. The van der Waals surface area contributed by atoms with Crippen LogP contribution in [-0.4, -0.2) is 31.5 Å². The van der Waals surface area contributed by atoms with Crippen molar-refractivity contribution in [2.24, 2.45) is 0 Å². The molecule has 0 saturated heterocycles. The van der Waals surface area contributed by atoms with Crippen molar-refractivity contribution >= 4 is 29.4 Å². The average molecular weight is 377 g/mol. The van der Waals surface area contributed by atoms with E-state index < -0.39 is 24.4 Å². The number of hydrogen-bond donors (Lipinski definition) is 2. The van der Waals surface area contributed by atoms with Crippen molar-refractivity contribution in [2.75, 3.05) is 13.7 Å². The first-order valence-electron chi connectivity index (χ1n) is 7.58. The van der Waals surface area contributed by atoms with Gasteiger partial charge < -0.3 is 9.47 Å². The Morgan fingerprint density at radius 2 is 1.77 bits per heavy atom. The second kappa shape index (κ2) is 8.87. The molecule has 2 rings (SSSR count). The highest BCUT2D eigenvalue weighted by Gasteiger charge is 2.15. The van der Waals surface area contributed by atoms with Crippen LogP contribution in [0.4, 0.5) is 0 Å². The highest BCUT2D eigenvalue weighted by molar-refractivity contribution is 6.31. The number of aryl methyl sites for hydroxylation is 1. The van der Waals surface area contributed by atoms with E-state index in [0.717, 1.165) is 5.56 Å². The van der Waals surface area contributed by atoms with E-state index >= 15 is 0 Å². The highest BCUT2D eigenvalue weighted by Crippen LogP contribution is 2.22. The summed E-state index contributed by atoms with van der Waals surface area (Å²) >= 11 is 5.86. The lowest BCUT2D eigenvalue weighted by Gasteiger charge is -2.11. The molecule has 0 radical (unpaired) electrons. The summed E-state index contributed by atoms with van der Waals surface area (Å²) in [5, 5.41) is 0.342. The first-order valence-corrected chi connectivity index (χ1v) is 7.95. The van der Waals surface area contributed by atoms with Crippen molar-refractivity contribution in [1.29, 1.82) is 0 Å². The minimum absolute atomic E-state index is 0.150. The molecule has 26 heavy (non-hydrogen) atoms. The summed E-state index contributed by atoms with van der Waals surface area (Å²) in [5.74, 6) is -1.64. The number of carbonyl (C=O) groups is 3. The van der Waals surface area contributed by atoms with E-state index in [1.54, 1.807) is 37.3 Å². The van der Waals surface area contributed by atoms with Crippen LogP contribution in [0, 0.1) is 6.92 Å². The van der Waals surface area contributed by atoms with Gasteiger partial charge in [0.2, 0.25) is 0 Å². The minimum Gasteiger partial charge on any atom is -0.496 e. The van der Waals surface area contributed by atoms with Crippen LogP contribution in [0.25, 0.3) is 0 Å². The van der Waals surface area contributed by atoms with Crippen molar-refractivity contribution in [2.45, 2.75) is 6.92 Å². The van der Waals surface area contributed by atoms with Crippen LogP contribution in [-0.2, 0) is 9.53 Å². The number of nitrogens with one attached hydrogen (secondary N) is 2. The largest absolute Gasteiger partial charge is 0.496 e. The lowest BCUT2D eigenvalue weighted by Crippen LogP contribution is -2.43. The van der Waals surface area contributed by atoms with Crippen LogP contribution in [0.2, 0.25) is 5.02 Å². The van der Waals surface area contributed by atoms with Gasteiger partial charge in [-0.3, -0.25) is 20.4 Å². The molecule has 0 heterocycles. The Balaban J connectivity index is 1.87. The Labute approximate surface area is 155 Å². The van der Waals surface area contributed by atoms with Crippen LogP contribution < -0.4 is 15.6 Å². The molecular formula is C18H17ClN2O5. The van der Waals surface area contributed by atoms with Gasteiger partial charge in [-0.05, 0) is 36.8 Å². The molecule has 0 unspecified atom stereocenters. The third kappa shape index (κ3) is 4.97. The summed E-state index contributed by atoms with van der Waals surface area (Å²) in [6.45, 7) is 1.22. The normalized spacial score (nSPS) is 9.96. The van der Waals surface area contributed by atoms with Crippen LogP contribution in [0.15, 0.2) is 42.5 Å². The second-order valence-electron chi connectivity index (χ2n) is 5.24. The SMILES string of the molecule is COc1ccc(Cl)cc1C(=O)NNC(=O)COC(=O)c1ccccc1C. The van der Waals surface area contributed by atoms with Gasteiger partial charge in [0, 0.05) is 5.02 Å². The third-order valence-corrected chi connectivity index (χ3v) is 3.66. The molecule has 0 aromatic heterocycles. The Hall–Kier alpha value is -3.06. The maximum Gasteiger partial charge on any atom is 0.338 e. The molecule has 2 aromatic rings. The fourth-order valence-electron chi connectivity index (χ4n) is 2.10. The summed E-state index contributed by atoms with van der Waals surface area (Å²) in [6.07, 6.45) is 0. The number of hydrogen-bond acceptors (Lipinski definition) is 5. The molecule has 136 valence electrons. The van der Waals surface area contributed by atoms with Gasteiger partial charge in [-0.2, -0.15) is 0 Å². The minimum atomic E-state index is -0.693. The molecular weight excluding hydrogens is 360 g/mol. The topological polar surface area (TPSA) is 93.7 Å². The van der Waals surface area contributed by atoms with Crippen molar-refractivity contribution in [3.63, 3.8) is 0 Å². The molecule has 0 fully saturated rings. The van der Waals surface area contributed by atoms with E-state index in [9.17, 15) is 14.4 Å². The van der Waals surface area contributed by atoms with E-state index in [4.69, 9.17) is 21.1 Å². The monoisotopic (exact) mass is 376 g/mol. The predicted octanol–water partition coefficient (Wildman–Crippen LogP) is 2.28. The summed E-state index contributed by atoms with van der Waals surface area (Å²) in [4.78, 5) is 35.8. The van der Waals surface area contributed by atoms with Crippen LogP contribution in [0.5, 0.6) is 5.75 Å². The molecule has 0 spiro atoms. The van der Waals surface area contributed by atoms with Crippen molar-refractivity contribution in [3.8, 4) is 5.75 Å². The van der Waals surface area contributed by atoms with Gasteiger partial charge in [0.1, 0.15) is 5.75 Å². The molecule has 2 aromatic carbocycles. The lowest BCUT2D eigenvalue weighted by atomic mass is 10.1. The number of benzene rings is 2. The number of halogens is 1. The number of ether oxygens (including phenoxy) is 2. The number of amides is 2. The summed E-state index contributed by atoms with van der Waals surface area (Å²) in [6, 6.07) is 11.3. The molecule has 0 aliphatic heterocycles. The van der Waals surface area contributed by atoms with E-state index in [-0.39, 0.29) is 5.56 Å². The van der Waals surface area contributed by atoms with E-state index in [0.29, 0.717) is 16.3 Å². The van der Waals surface area contributed by atoms with Crippen LogP contribution >= 0.6 is 11.6 Å². The average Bonchev–Trinajstić information content (AvgIpc) is 2.64. The number of rotatable bonds is 5. The first-order chi connectivity index (χ1) is 12.4. The first kappa shape index (κ1) is 19.3. The molecule has 0 bridgehead atoms. The maximum atomic E-state index is 12.1. The Morgan fingerprint density at radius 3 is 2.46 bits per heavy atom. The number of carbonyl (C=O) groups excluding carboxylic acids is 3. The zero-order chi connectivity index (χ0) is 19.1. The molecule has 2 amide bonds. The fraction of sp³-hybridized carbons (Fsp3) is 0.167. The smallest absolute Gasteiger partial charge is 0.338 e. The van der Waals surface area contributed by atoms with Gasteiger partial charge in [0.25, 0.3) is 11.8 Å². The van der Waals surface area contributed by atoms with Crippen LogP contribution in [0.3, 0.4) is 0 Å². The molecule has 0 atom stereocenters. The predicted molar refractivity (Wildman–Crippen MR) is 95.1 cm³/mol. The van der Waals surface area contributed by atoms with Crippen molar-refractivity contribution in [1.82, 2.24) is 10.9 Å². The van der Waals surface area contributed by atoms with Gasteiger partial charge in [-0.1, -0.05) is 29.8 Å². The molecule has 0 aliphatic carbocycles. The van der Waals surface area contributed by atoms with Gasteiger partial charge >= 0.3 is 5.97 Å². The fourth-order valence-corrected chi connectivity index (χ4v) is 2.27. The molecule has 7 nitrogen and oxygen atoms in total. The Morgan fingerprint density at radius 1 is 1.04 bits per heavy atom. The van der Waals surface area contributed by atoms with Gasteiger partial charge in [0.05, 0.1) is 18.2 Å². The summed E-state index contributed by atoms with van der Waals surface area (Å²) in [7, 11) is 1.41. The molecule has 0 aliphatic rings. The second-order valence-corrected chi connectivity index (χ2v) is 5.67. The highest BCUT2D eigenvalue weighted by atomic mass is 35.5. The summed E-state index contributed by atoms with van der Waals surface area (Å²) in [5.41, 5.74) is 5.62. The zero-order valence-electron chi connectivity index (χ0n) is 14.2. The maximum absolute atomic E-state index is 12.1. The standard InChI is InChI=1S/C18H17ClN2O5/c1-11-5-3-4-6-13(11)18(24)26-10-16(22)20-21-17(23)14-9-12(19)7-8-15(14)25-2/h3-9H,10H2,1-2H3,(H,20,22)(H,21,23). The Kier molecular flexibility index (Phi) is 6.57. The zero-order valence-corrected chi connectivity index (χ0v) is 14.9. The third-order valence-electron chi connectivity index (χ3n) is 3.42. The molecule has 2 N–H and O–H groups in total. The van der Waals surface area contributed by atoms with E-state index in [2.05, 4.69) is 10.9 Å². The number of esters is 1. The van der Waals surface area contributed by atoms with Gasteiger partial charge in [-0.15, -0.1) is 0 Å². The van der Waals surface area contributed by atoms with Crippen LogP contribution in [0.1, 0.15) is 26.3 Å². The lowest BCUT2D eigenvalue weighted by molar-refractivity contribution is -0.125. The van der Waals surface area contributed by atoms with E-state index in [1.165, 1.54) is 19.2 Å². The van der Waals surface area contributed by atoms with Gasteiger partial charge in [-0.25, -0.2) is 4.79 Å². The van der Waals surface area contributed by atoms with Gasteiger partial charge in [0.15, 0.2) is 6.61 Å². The number of methoxy groups -OCH3 is 1. The molecule has 8 heteroatoms. The quantitative estimate of drug-likeness (QED) is 0.616.